The SMILES string of the molecule is Cc1nc2ccc(CC(=O)NCCC3(O)CCCC3)cc2[nH]1. The molecule has 1 saturated carbocycles. The third kappa shape index (κ3) is 3.47. The first kappa shape index (κ1) is 15.0. The Balaban J connectivity index is 1.51. The van der Waals surface area contributed by atoms with Crippen molar-refractivity contribution in [2.24, 2.45) is 0 Å². The number of benzene rings is 1. The molecule has 0 atom stereocenters. The van der Waals surface area contributed by atoms with Gasteiger partial charge in [0.05, 0.1) is 23.1 Å². The molecular weight excluding hydrogens is 278 g/mol. The Hall–Kier alpha value is -1.88. The zero-order valence-electron chi connectivity index (χ0n) is 13.0. The van der Waals surface area contributed by atoms with Crippen LogP contribution >= 0.6 is 0 Å². The zero-order chi connectivity index (χ0) is 15.6. The van der Waals surface area contributed by atoms with Crippen LogP contribution < -0.4 is 5.32 Å². The number of imidazole rings is 1. The lowest BCUT2D eigenvalue weighted by molar-refractivity contribution is -0.120. The number of carbonyl (C=O) groups excluding carboxylic acids is 1. The molecule has 1 fully saturated rings. The summed E-state index contributed by atoms with van der Waals surface area (Å²) in [5.74, 6) is 0.874. The second-order valence-electron chi connectivity index (χ2n) is 6.38. The molecule has 1 aliphatic carbocycles. The number of aliphatic hydroxyl groups is 1. The Bertz CT molecular complexity index is 672. The molecule has 0 aliphatic heterocycles. The van der Waals surface area contributed by atoms with Crippen molar-refractivity contribution in [3.8, 4) is 0 Å². The van der Waals surface area contributed by atoms with Gasteiger partial charge in [-0.05, 0) is 43.9 Å². The van der Waals surface area contributed by atoms with Crippen molar-refractivity contribution in [2.45, 2.75) is 51.0 Å². The number of nitrogens with zero attached hydrogens (tertiary/aromatic N) is 1. The molecule has 5 nitrogen and oxygen atoms in total. The topological polar surface area (TPSA) is 78.0 Å². The quantitative estimate of drug-likeness (QED) is 0.792. The van der Waals surface area contributed by atoms with Gasteiger partial charge in [0.25, 0.3) is 0 Å². The van der Waals surface area contributed by atoms with Gasteiger partial charge in [0.2, 0.25) is 5.91 Å². The molecule has 3 rings (SSSR count). The molecule has 5 heteroatoms. The van der Waals surface area contributed by atoms with Crippen LogP contribution in [0.3, 0.4) is 0 Å². The standard InChI is InChI=1S/C17H23N3O2/c1-12-19-14-5-4-13(10-15(14)20-12)11-16(21)18-9-8-17(22)6-2-3-7-17/h4-5,10,22H,2-3,6-9,11H2,1H3,(H,18,21)(H,19,20). The second kappa shape index (κ2) is 6.08. The van der Waals surface area contributed by atoms with Crippen LogP contribution in [-0.4, -0.2) is 33.1 Å². The molecule has 2 aromatic rings. The smallest absolute Gasteiger partial charge is 0.224 e. The minimum atomic E-state index is -0.556. The maximum atomic E-state index is 12.0. The van der Waals surface area contributed by atoms with Crippen LogP contribution in [0.15, 0.2) is 18.2 Å². The minimum absolute atomic E-state index is 0.00261. The fourth-order valence-corrected chi connectivity index (χ4v) is 3.26. The first-order valence-electron chi connectivity index (χ1n) is 7.98. The van der Waals surface area contributed by atoms with E-state index in [2.05, 4.69) is 15.3 Å². The highest BCUT2D eigenvalue weighted by molar-refractivity contribution is 5.81. The molecule has 1 heterocycles. The molecule has 0 bridgehead atoms. The highest BCUT2D eigenvalue weighted by Crippen LogP contribution is 2.31. The number of carbonyl (C=O) groups is 1. The van der Waals surface area contributed by atoms with Gasteiger partial charge < -0.3 is 15.4 Å². The van der Waals surface area contributed by atoms with Crippen LogP contribution in [0.5, 0.6) is 0 Å². The normalized spacial score (nSPS) is 17.0. The van der Waals surface area contributed by atoms with E-state index in [1.54, 1.807) is 0 Å². The van der Waals surface area contributed by atoms with Crippen molar-refractivity contribution in [1.29, 1.82) is 0 Å². The number of nitrogens with one attached hydrogen (secondary N) is 2. The van der Waals surface area contributed by atoms with Gasteiger partial charge in [-0.2, -0.15) is 0 Å². The third-order valence-electron chi connectivity index (χ3n) is 4.48. The maximum Gasteiger partial charge on any atom is 0.224 e. The molecule has 1 aromatic heterocycles. The van der Waals surface area contributed by atoms with E-state index in [0.29, 0.717) is 19.4 Å². The van der Waals surface area contributed by atoms with Gasteiger partial charge in [-0.15, -0.1) is 0 Å². The lowest BCUT2D eigenvalue weighted by Crippen LogP contribution is -2.33. The Morgan fingerprint density at radius 3 is 2.95 bits per heavy atom. The maximum absolute atomic E-state index is 12.0. The fraction of sp³-hybridized carbons (Fsp3) is 0.529. The largest absolute Gasteiger partial charge is 0.390 e. The lowest BCUT2D eigenvalue weighted by Gasteiger charge is -2.21. The highest BCUT2D eigenvalue weighted by atomic mass is 16.3. The minimum Gasteiger partial charge on any atom is -0.390 e. The first-order valence-corrected chi connectivity index (χ1v) is 7.98. The van der Waals surface area contributed by atoms with E-state index >= 15 is 0 Å². The summed E-state index contributed by atoms with van der Waals surface area (Å²) in [4.78, 5) is 19.5. The number of amides is 1. The molecule has 1 amide bonds. The Morgan fingerprint density at radius 2 is 2.18 bits per heavy atom. The monoisotopic (exact) mass is 301 g/mol. The fourth-order valence-electron chi connectivity index (χ4n) is 3.26. The van der Waals surface area contributed by atoms with Gasteiger partial charge in [-0.3, -0.25) is 4.79 Å². The molecule has 0 radical (unpaired) electrons. The van der Waals surface area contributed by atoms with E-state index in [4.69, 9.17) is 0 Å². The number of aryl methyl sites for hydroxylation is 1. The summed E-state index contributed by atoms with van der Waals surface area (Å²) >= 11 is 0. The molecule has 0 unspecified atom stereocenters. The van der Waals surface area contributed by atoms with Gasteiger partial charge >= 0.3 is 0 Å². The third-order valence-corrected chi connectivity index (χ3v) is 4.48. The number of hydrogen-bond acceptors (Lipinski definition) is 3. The summed E-state index contributed by atoms with van der Waals surface area (Å²) in [6.07, 6.45) is 4.91. The van der Waals surface area contributed by atoms with E-state index < -0.39 is 5.60 Å². The van der Waals surface area contributed by atoms with Crippen LogP contribution in [0.25, 0.3) is 11.0 Å². The summed E-state index contributed by atoms with van der Waals surface area (Å²) in [7, 11) is 0. The van der Waals surface area contributed by atoms with E-state index in [1.165, 1.54) is 0 Å². The van der Waals surface area contributed by atoms with E-state index in [-0.39, 0.29) is 5.91 Å². The van der Waals surface area contributed by atoms with Crippen molar-refractivity contribution in [2.75, 3.05) is 6.54 Å². The first-order chi connectivity index (χ1) is 10.5. The molecule has 0 saturated heterocycles. The Labute approximate surface area is 130 Å². The summed E-state index contributed by atoms with van der Waals surface area (Å²) in [6, 6.07) is 5.84. The lowest BCUT2D eigenvalue weighted by atomic mass is 9.98. The highest BCUT2D eigenvalue weighted by Gasteiger charge is 2.30. The van der Waals surface area contributed by atoms with Gasteiger partial charge in [0.15, 0.2) is 0 Å². The summed E-state index contributed by atoms with van der Waals surface area (Å²) in [5, 5.41) is 13.2. The van der Waals surface area contributed by atoms with Crippen molar-refractivity contribution in [1.82, 2.24) is 15.3 Å². The van der Waals surface area contributed by atoms with Gasteiger partial charge in [-0.25, -0.2) is 4.98 Å². The number of fused-ring (bicyclic) bond motifs is 1. The molecule has 0 spiro atoms. The molecule has 1 aliphatic rings. The molecular formula is C17H23N3O2. The van der Waals surface area contributed by atoms with Crippen LogP contribution in [0.2, 0.25) is 0 Å². The van der Waals surface area contributed by atoms with Crippen LogP contribution in [0, 0.1) is 6.92 Å². The van der Waals surface area contributed by atoms with Crippen molar-refractivity contribution in [3.05, 3.63) is 29.6 Å². The average molecular weight is 301 g/mol. The number of rotatable bonds is 5. The van der Waals surface area contributed by atoms with Crippen LogP contribution in [-0.2, 0) is 11.2 Å². The summed E-state index contributed by atoms with van der Waals surface area (Å²) < 4.78 is 0. The molecule has 22 heavy (non-hydrogen) atoms. The summed E-state index contributed by atoms with van der Waals surface area (Å²) in [5.41, 5.74) is 2.29. The van der Waals surface area contributed by atoms with E-state index in [1.807, 2.05) is 25.1 Å². The zero-order valence-corrected chi connectivity index (χ0v) is 13.0. The van der Waals surface area contributed by atoms with Crippen molar-refractivity contribution < 1.29 is 9.90 Å². The number of aromatic amines is 1. The van der Waals surface area contributed by atoms with Crippen molar-refractivity contribution in [3.63, 3.8) is 0 Å². The van der Waals surface area contributed by atoms with Crippen LogP contribution in [0.4, 0.5) is 0 Å². The van der Waals surface area contributed by atoms with E-state index in [9.17, 15) is 9.90 Å². The number of hydrogen-bond donors (Lipinski definition) is 3. The molecule has 3 N–H and O–H groups in total. The van der Waals surface area contributed by atoms with E-state index in [0.717, 1.165) is 48.1 Å². The Morgan fingerprint density at radius 1 is 1.41 bits per heavy atom. The second-order valence-corrected chi connectivity index (χ2v) is 6.38. The average Bonchev–Trinajstić information content (AvgIpc) is 3.03. The molecule has 118 valence electrons. The predicted octanol–water partition coefficient (Wildman–Crippen LogP) is 2.23. The molecule has 1 aromatic carbocycles. The summed E-state index contributed by atoms with van der Waals surface area (Å²) in [6.45, 7) is 2.46. The number of aromatic nitrogens is 2. The van der Waals surface area contributed by atoms with Gasteiger partial charge in [0.1, 0.15) is 5.82 Å². The van der Waals surface area contributed by atoms with Gasteiger partial charge in [-0.1, -0.05) is 18.9 Å². The predicted molar refractivity (Wildman–Crippen MR) is 85.6 cm³/mol. The van der Waals surface area contributed by atoms with Crippen LogP contribution in [0.1, 0.15) is 43.5 Å². The Kier molecular flexibility index (Phi) is 4.16. The van der Waals surface area contributed by atoms with Crippen molar-refractivity contribution >= 4 is 16.9 Å². The number of H-pyrrole nitrogens is 1. The van der Waals surface area contributed by atoms with Gasteiger partial charge in [0, 0.05) is 6.54 Å².